The van der Waals surface area contributed by atoms with E-state index in [-0.39, 0.29) is 21.9 Å². The van der Waals surface area contributed by atoms with Gasteiger partial charge in [0.05, 0.1) is 9.79 Å². The summed E-state index contributed by atoms with van der Waals surface area (Å²) < 4.78 is 54.8. The normalized spacial score (nSPS) is 22.0. The van der Waals surface area contributed by atoms with Crippen LogP contribution >= 0.6 is 0 Å². The van der Waals surface area contributed by atoms with E-state index in [2.05, 4.69) is 21.8 Å². The Bertz CT molecular complexity index is 1150. The summed E-state index contributed by atoms with van der Waals surface area (Å²) in [6.07, 6.45) is 4.78. The lowest BCUT2D eigenvalue weighted by Gasteiger charge is -2.39. The van der Waals surface area contributed by atoms with Crippen LogP contribution in [0.5, 0.6) is 0 Å². The van der Waals surface area contributed by atoms with E-state index in [0.717, 1.165) is 43.0 Å². The van der Waals surface area contributed by atoms with Gasteiger partial charge in [0.15, 0.2) is 0 Å². The van der Waals surface area contributed by atoms with Gasteiger partial charge in [-0.15, -0.1) is 0 Å². The number of nitrogens with zero attached hydrogens (tertiary/aromatic N) is 2. The molecule has 1 fully saturated rings. The highest BCUT2D eigenvalue weighted by molar-refractivity contribution is 7.89. The third kappa shape index (κ3) is 4.37. The Labute approximate surface area is 185 Å². The molecule has 0 saturated heterocycles. The van der Waals surface area contributed by atoms with Gasteiger partial charge in [-0.1, -0.05) is 31.0 Å². The molecule has 1 aliphatic carbocycles. The van der Waals surface area contributed by atoms with Crippen molar-refractivity contribution in [3.8, 4) is 0 Å². The van der Waals surface area contributed by atoms with Crippen molar-refractivity contribution < 1.29 is 16.8 Å². The lowest BCUT2D eigenvalue weighted by molar-refractivity contribution is 0.346. The fourth-order valence-corrected chi connectivity index (χ4v) is 6.80. The zero-order valence-electron chi connectivity index (χ0n) is 17.9. The summed E-state index contributed by atoms with van der Waals surface area (Å²) in [5.41, 5.74) is 2.52. The van der Waals surface area contributed by atoms with E-state index < -0.39 is 20.0 Å². The number of sulfonamides is 2. The van der Waals surface area contributed by atoms with Gasteiger partial charge in [-0.3, -0.25) is 0 Å². The van der Waals surface area contributed by atoms with Gasteiger partial charge in [0.25, 0.3) is 0 Å². The van der Waals surface area contributed by atoms with Crippen molar-refractivity contribution in [3.05, 3.63) is 54.1 Å². The first kappa shape index (κ1) is 22.3. The maximum absolute atomic E-state index is 13.1. The van der Waals surface area contributed by atoms with Crippen molar-refractivity contribution in [3.63, 3.8) is 0 Å². The van der Waals surface area contributed by atoms with E-state index in [4.69, 9.17) is 0 Å². The van der Waals surface area contributed by atoms with Gasteiger partial charge < -0.3 is 4.90 Å². The number of hydrogen-bond donors (Lipinski definition) is 1. The molecular formula is C22H29N3O4S2. The maximum atomic E-state index is 13.1. The van der Waals surface area contributed by atoms with Crippen molar-refractivity contribution >= 4 is 25.7 Å². The minimum Gasteiger partial charge on any atom is -0.366 e. The van der Waals surface area contributed by atoms with Gasteiger partial charge in [0, 0.05) is 38.4 Å². The van der Waals surface area contributed by atoms with Crippen LogP contribution in [-0.2, 0) is 26.5 Å². The molecule has 1 saturated carbocycles. The zero-order chi connectivity index (χ0) is 22.2. The number of benzene rings is 2. The van der Waals surface area contributed by atoms with Gasteiger partial charge in [0.2, 0.25) is 20.0 Å². The van der Waals surface area contributed by atoms with E-state index in [1.165, 1.54) is 49.6 Å². The summed E-state index contributed by atoms with van der Waals surface area (Å²) in [4.78, 5) is 2.51. The lowest BCUT2D eigenvalue weighted by atomic mass is 9.90. The van der Waals surface area contributed by atoms with Crippen LogP contribution in [0.25, 0.3) is 0 Å². The van der Waals surface area contributed by atoms with Gasteiger partial charge in [-0.2, -0.15) is 0 Å². The first-order valence-corrected chi connectivity index (χ1v) is 13.5. The third-order valence-corrected chi connectivity index (χ3v) is 9.61. The minimum atomic E-state index is -3.77. The average Bonchev–Trinajstić information content (AvgIpc) is 3.18. The van der Waals surface area contributed by atoms with Crippen LogP contribution in [0.4, 0.5) is 5.69 Å². The van der Waals surface area contributed by atoms with Crippen LogP contribution in [0.3, 0.4) is 0 Å². The van der Waals surface area contributed by atoms with E-state index in [1.807, 2.05) is 12.1 Å². The second kappa shape index (κ2) is 8.54. The molecule has 2 unspecified atom stereocenters. The average molecular weight is 464 g/mol. The summed E-state index contributed by atoms with van der Waals surface area (Å²) in [6.45, 7) is 0.902. The Morgan fingerprint density at radius 3 is 2.26 bits per heavy atom. The Hall–Kier alpha value is -1.94. The lowest BCUT2D eigenvalue weighted by Crippen LogP contribution is -2.53. The number of hydrogen-bond acceptors (Lipinski definition) is 5. The van der Waals surface area contributed by atoms with Gasteiger partial charge in [0.1, 0.15) is 0 Å². The van der Waals surface area contributed by atoms with Gasteiger partial charge in [-0.05, 0) is 55.2 Å². The number of anilines is 1. The van der Waals surface area contributed by atoms with Crippen molar-refractivity contribution in [1.29, 1.82) is 0 Å². The van der Waals surface area contributed by atoms with Crippen LogP contribution in [-0.4, -0.2) is 53.9 Å². The van der Waals surface area contributed by atoms with Crippen LogP contribution in [0, 0.1) is 0 Å². The Kier molecular flexibility index (Phi) is 6.13. The number of para-hydroxylation sites is 1. The predicted octanol–water partition coefficient (Wildman–Crippen LogP) is 2.59. The van der Waals surface area contributed by atoms with Crippen LogP contribution in [0.15, 0.2) is 58.3 Å². The zero-order valence-corrected chi connectivity index (χ0v) is 19.5. The van der Waals surface area contributed by atoms with Crippen LogP contribution in [0.2, 0.25) is 0 Å². The predicted molar refractivity (Wildman–Crippen MR) is 121 cm³/mol. The van der Waals surface area contributed by atoms with Crippen molar-refractivity contribution in [1.82, 2.24) is 9.03 Å². The highest BCUT2D eigenvalue weighted by Gasteiger charge is 2.36. The monoisotopic (exact) mass is 463 g/mol. The fraction of sp³-hybridized carbons (Fsp3) is 0.455. The van der Waals surface area contributed by atoms with E-state index in [9.17, 15) is 16.8 Å². The second-order valence-electron chi connectivity index (χ2n) is 8.41. The summed E-state index contributed by atoms with van der Waals surface area (Å²) in [5.74, 6) is 0. The van der Waals surface area contributed by atoms with E-state index in [1.54, 1.807) is 0 Å². The van der Waals surface area contributed by atoms with E-state index >= 15 is 0 Å². The molecule has 9 heteroatoms. The first-order chi connectivity index (χ1) is 14.7. The molecule has 1 heterocycles. The molecule has 0 aromatic heterocycles. The highest BCUT2D eigenvalue weighted by atomic mass is 32.2. The van der Waals surface area contributed by atoms with Crippen molar-refractivity contribution in [2.45, 2.75) is 54.0 Å². The maximum Gasteiger partial charge on any atom is 0.242 e. The third-order valence-electron chi connectivity index (χ3n) is 6.27. The van der Waals surface area contributed by atoms with Gasteiger partial charge in [-0.25, -0.2) is 25.9 Å². The molecule has 0 amide bonds. The molecule has 0 spiro atoms. The molecule has 2 aromatic rings. The molecule has 2 aliphatic rings. The molecule has 2 atom stereocenters. The Morgan fingerprint density at radius 2 is 1.55 bits per heavy atom. The second-order valence-corrected chi connectivity index (χ2v) is 12.3. The topological polar surface area (TPSA) is 86.8 Å². The smallest absolute Gasteiger partial charge is 0.242 e. The minimum absolute atomic E-state index is 0.0701. The molecule has 31 heavy (non-hydrogen) atoms. The summed E-state index contributed by atoms with van der Waals surface area (Å²) in [5, 5.41) is 0. The number of rotatable bonds is 6. The number of fused-ring (bicyclic) bond motifs is 1. The first-order valence-electron chi connectivity index (χ1n) is 10.6. The van der Waals surface area contributed by atoms with Crippen LogP contribution in [0.1, 0.15) is 31.2 Å². The largest absolute Gasteiger partial charge is 0.366 e. The SMILES string of the molecule is CN(C)S(=O)(=O)c1ccc(S(=O)(=O)NC2CCCCC2N2CCc3ccccc32)cc1. The molecule has 2 aromatic carbocycles. The van der Waals surface area contributed by atoms with Crippen molar-refractivity contribution in [2.75, 3.05) is 25.5 Å². The molecule has 4 rings (SSSR count). The van der Waals surface area contributed by atoms with Crippen molar-refractivity contribution in [2.24, 2.45) is 0 Å². The summed E-state index contributed by atoms with van der Waals surface area (Å²) in [7, 11) is -4.48. The van der Waals surface area contributed by atoms with Gasteiger partial charge >= 0.3 is 0 Å². The quantitative estimate of drug-likeness (QED) is 0.712. The molecule has 1 N–H and O–H groups in total. The molecule has 7 nitrogen and oxygen atoms in total. The van der Waals surface area contributed by atoms with Crippen LogP contribution < -0.4 is 9.62 Å². The summed E-state index contributed by atoms with van der Waals surface area (Å²) >= 11 is 0. The molecule has 1 aliphatic heterocycles. The molecule has 0 radical (unpaired) electrons. The number of nitrogens with one attached hydrogen (secondary N) is 1. The standard InChI is InChI=1S/C22H29N3O4S2/c1-24(2)31(28,29)19-13-11-18(12-14-19)30(26,27)23-20-8-4-6-10-22(20)25-16-15-17-7-3-5-9-21(17)25/h3,5,7,9,11-14,20,22-23H,4,6,8,10,15-16H2,1-2H3. The Balaban J connectivity index is 1.55. The van der Waals surface area contributed by atoms with E-state index in [0.29, 0.717) is 0 Å². The highest BCUT2D eigenvalue weighted by Crippen LogP contribution is 2.34. The molecular weight excluding hydrogens is 434 g/mol. The molecule has 0 bridgehead atoms. The fourth-order valence-electron chi connectivity index (χ4n) is 4.60. The molecule has 168 valence electrons. The Morgan fingerprint density at radius 1 is 0.903 bits per heavy atom. The summed E-state index contributed by atoms with van der Waals surface area (Å²) in [6, 6.07) is 13.7.